The van der Waals surface area contributed by atoms with Crippen LogP contribution >= 0.6 is 0 Å². The third-order valence-corrected chi connectivity index (χ3v) is 6.66. The van der Waals surface area contributed by atoms with Gasteiger partial charge in [0.15, 0.2) is 23.2 Å². The van der Waals surface area contributed by atoms with Crippen LogP contribution in [0.2, 0.25) is 0 Å². The van der Waals surface area contributed by atoms with Gasteiger partial charge in [-0.05, 0) is 60.9 Å². The summed E-state index contributed by atoms with van der Waals surface area (Å²) < 4.78 is 70.4. The molecule has 196 valence electrons. The normalized spacial score (nSPS) is 15.5. The third kappa shape index (κ3) is 6.07. The van der Waals surface area contributed by atoms with E-state index in [0.717, 1.165) is 31.4 Å². The van der Waals surface area contributed by atoms with Crippen molar-refractivity contribution in [1.82, 2.24) is 0 Å². The zero-order valence-corrected chi connectivity index (χ0v) is 21.3. The van der Waals surface area contributed by atoms with Gasteiger partial charge >= 0.3 is 0 Å². The molecule has 2 nitrogen and oxygen atoms in total. The topological polar surface area (TPSA) is 18.5 Å². The molecule has 0 saturated heterocycles. The molecule has 0 spiro atoms. The second kappa shape index (κ2) is 12.4. The Labute approximate surface area is 215 Å². The Balaban J connectivity index is 1.52. The summed E-state index contributed by atoms with van der Waals surface area (Å²) in [6.07, 6.45) is 6.93. The highest BCUT2D eigenvalue weighted by molar-refractivity contribution is 5.74. The van der Waals surface area contributed by atoms with Gasteiger partial charge < -0.3 is 9.47 Å². The highest BCUT2D eigenvalue weighted by atomic mass is 19.2. The Morgan fingerprint density at radius 3 is 1.89 bits per heavy atom. The summed E-state index contributed by atoms with van der Waals surface area (Å²) >= 11 is 0. The summed E-state index contributed by atoms with van der Waals surface area (Å²) in [5.41, 5.74) is 2.10. The fraction of sp³-hybridized carbons (Fsp3) is 0.355. The van der Waals surface area contributed by atoms with E-state index in [-0.39, 0.29) is 35.2 Å². The fourth-order valence-corrected chi connectivity index (χ4v) is 4.53. The molecule has 0 fully saturated rings. The van der Waals surface area contributed by atoms with Gasteiger partial charge in [0.05, 0.1) is 12.7 Å². The zero-order valence-electron chi connectivity index (χ0n) is 21.3. The molecule has 0 amide bonds. The standard InChI is InChI=1S/C31H32F4O2/c1-3-5-19-36-23-12-10-22(11-13-23)25-15-14-24(28(32)29(25)33)20-6-8-21(9-7-20)26-16-17-27(37-18-4-2)31(35)30(26)34/h6-10,14-17,23H,3-5,11-13,18-19H2,1-2H3. The van der Waals surface area contributed by atoms with Crippen molar-refractivity contribution in [3.8, 4) is 28.0 Å². The Kier molecular flexibility index (Phi) is 9.04. The smallest absolute Gasteiger partial charge is 0.201 e. The van der Waals surface area contributed by atoms with Crippen molar-refractivity contribution in [2.24, 2.45) is 0 Å². The molecule has 1 unspecified atom stereocenters. The monoisotopic (exact) mass is 512 g/mol. The van der Waals surface area contributed by atoms with E-state index in [1.54, 1.807) is 36.4 Å². The van der Waals surface area contributed by atoms with Gasteiger partial charge in [0.1, 0.15) is 0 Å². The molecule has 1 atom stereocenters. The number of halogens is 4. The van der Waals surface area contributed by atoms with E-state index < -0.39 is 23.3 Å². The van der Waals surface area contributed by atoms with Gasteiger partial charge in [0.2, 0.25) is 5.82 Å². The van der Waals surface area contributed by atoms with Crippen molar-refractivity contribution in [3.63, 3.8) is 0 Å². The van der Waals surface area contributed by atoms with Crippen LogP contribution in [0.4, 0.5) is 17.6 Å². The van der Waals surface area contributed by atoms with E-state index >= 15 is 8.78 Å². The summed E-state index contributed by atoms with van der Waals surface area (Å²) in [6.45, 7) is 5.00. The van der Waals surface area contributed by atoms with Crippen molar-refractivity contribution in [1.29, 1.82) is 0 Å². The minimum absolute atomic E-state index is 0.0658. The minimum Gasteiger partial charge on any atom is -0.490 e. The van der Waals surface area contributed by atoms with Gasteiger partial charge in [-0.2, -0.15) is 4.39 Å². The van der Waals surface area contributed by atoms with Gasteiger partial charge in [0.25, 0.3) is 0 Å². The number of hydrogen-bond donors (Lipinski definition) is 0. The summed E-state index contributed by atoms with van der Waals surface area (Å²) in [4.78, 5) is 0. The quantitative estimate of drug-likeness (QED) is 0.199. The SMILES string of the molecule is CCCCOC1CC=C(c2ccc(-c3ccc(-c4ccc(OCCC)c(F)c4F)cc3)c(F)c2F)CC1. The fourth-order valence-electron chi connectivity index (χ4n) is 4.53. The number of unbranched alkanes of at least 4 members (excludes halogenated alkanes) is 1. The number of benzene rings is 3. The van der Waals surface area contributed by atoms with Crippen molar-refractivity contribution >= 4 is 5.57 Å². The molecule has 0 aromatic heterocycles. The average Bonchev–Trinajstić information content (AvgIpc) is 2.92. The summed E-state index contributed by atoms with van der Waals surface area (Å²) in [7, 11) is 0. The number of ether oxygens (including phenoxy) is 2. The first-order valence-corrected chi connectivity index (χ1v) is 12.9. The van der Waals surface area contributed by atoms with Crippen LogP contribution in [-0.2, 0) is 4.74 Å². The number of allylic oxidation sites excluding steroid dienone is 1. The molecule has 0 N–H and O–H groups in total. The maximum absolute atomic E-state index is 15.1. The molecule has 6 heteroatoms. The van der Waals surface area contributed by atoms with Crippen molar-refractivity contribution < 1.29 is 27.0 Å². The van der Waals surface area contributed by atoms with E-state index in [4.69, 9.17) is 9.47 Å². The van der Waals surface area contributed by atoms with E-state index in [9.17, 15) is 8.78 Å². The molecule has 1 aliphatic carbocycles. The van der Waals surface area contributed by atoms with Gasteiger partial charge in [-0.3, -0.25) is 0 Å². The minimum atomic E-state index is -1.05. The van der Waals surface area contributed by atoms with Crippen LogP contribution in [0.1, 0.15) is 57.9 Å². The molecule has 0 heterocycles. The first-order valence-electron chi connectivity index (χ1n) is 12.9. The Morgan fingerprint density at radius 2 is 1.30 bits per heavy atom. The lowest BCUT2D eigenvalue weighted by Crippen LogP contribution is -2.16. The molecule has 3 aromatic carbocycles. The summed E-state index contributed by atoms with van der Waals surface area (Å²) in [6, 6.07) is 12.3. The van der Waals surface area contributed by atoms with Crippen LogP contribution in [0.25, 0.3) is 27.8 Å². The average molecular weight is 513 g/mol. The van der Waals surface area contributed by atoms with Crippen LogP contribution < -0.4 is 4.74 Å². The van der Waals surface area contributed by atoms with E-state index in [2.05, 4.69) is 6.92 Å². The lowest BCUT2D eigenvalue weighted by Gasteiger charge is -2.23. The first-order chi connectivity index (χ1) is 17.9. The predicted octanol–water partition coefficient (Wildman–Crippen LogP) is 9.12. The molecule has 37 heavy (non-hydrogen) atoms. The molecule has 4 rings (SSSR count). The second-order valence-electron chi connectivity index (χ2n) is 9.30. The third-order valence-electron chi connectivity index (χ3n) is 6.66. The molecule has 0 saturated carbocycles. The summed E-state index contributed by atoms with van der Waals surface area (Å²) in [5, 5.41) is 0. The van der Waals surface area contributed by atoms with Crippen LogP contribution in [-0.4, -0.2) is 19.3 Å². The molecule has 0 bridgehead atoms. The first kappa shape index (κ1) is 26.9. The van der Waals surface area contributed by atoms with Crippen molar-refractivity contribution in [2.45, 2.75) is 58.5 Å². The van der Waals surface area contributed by atoms with Gasteiger partial charge in [-0.1, -0.05) is 62.7 Å². The Hall–Kier alpha value is -3.12. The van der Waals surface area contributed by atoms with E-state index in [0.29, 0.717) is 30.4 Å². The molecule has 1 aliphatic rings. The lowest BCUT2D eigenvalue weighted by molar-refractivity contribution is 0.0466. The van der Waals surface area contributed by atoms with E-state index in [1.165, 1.54) is 12.1 Å². The van der Waals surface area contributed by atoms with Crippen LogP contribution in [0.15, 0.2) is 54.6 Å². The van der Waals surface area contributed by atoms with Crippen molar-refractivity contribution in [3.05, 3.63) is 83.4 Å². The van der Waals surface area contributed by atoms with Crippen LogP contribution in [0.3, 0.4) is 0 Å². The van der Waals surface area contributed by atoms with Crippen LogP contribution in [0.5, 0.6) is 5.75 Å². The van der Waals surface area contributed by atoms with E-state index in [1.807, 2.05) is 13.0 Å². The van der Waals surface area contributed by atoms with Crippen LogP contribution in [0, 0.1) is 23.3 Å². The maximum Gasteiger partial charge on any atom is 0.201 e. The highest BCUT2D eigenvalue weighted by Crippen LogP contribution is 2.36. The molecular weight excluding hydrogens is 480 g/mol. The second-order valence-corrected chi connectivity index (χ2v) is 9.30. The van der Waals surface area contributed by atoms with Crippen molar-refractivity contribution in [2.75, 3.05) is 13.2 Å². The molecular formula is C31H32F4O2. The van der Waals surface area contributed by atoms with Gasteiger partial charge in [0, 0.05) is 23.3 Å². The summed E-state index contributed by atoms with van der Waals surface area (Å²) in [5.74, 6) is -4.00. The zero-order chi connectivity index (χ0) is 26.4. The Bertz CT molecular complexity index is 1250. The van der Waals surface area contributed by atoms with Gasteiger partial charge in [-0.25, -0.2) is 13.2 Å². The molecule has 3 aromatic rings. The highest BCUT2D eigenvalue weighted by Gasteiger charge is 2.22. The Morgan fingerprint density at radius 1 is 0.703 bits per heavy atom. The largest absolute Gasteiger partial charge is 0.490 e. The number of rotatable bonds is 10. The predicted molar refractivity (Wildman–Crippen MR) is 139 cm³/mol. The maximum atomic E-state index is 15.1. The van der Waals surface area contributed by atoms with Gasteiger partial charge in [-0.15, -0.1) is 0 Å². The molecule has 0 radical (unpaired) electrons. The number of hydrogen-bond acceptors (Lipinski definition) is 2. The molecule has 0 aliphatic heterocycles. The lowest BCUT2D eigenvalue weighted by atomic mass is 9.90.